The van der Waals surface area contributed by atoms with Gasteiger partial charge in [-0.15, -0.1) is 0 Å². The number of rotatable bonds is 3. The first kappa shape index (κ1) is 12.0. The molecule has 5 heteroatoms. The van der Waals surface area contributed by atoms with Gasteiger partial charge in [0.25, 0.3) is 0 Å². The van der Waals surface area contributed by atoms with Crippen LogP contribution in [0.5, 0.6) is 0 Å². The molecule has 1 aliphatic heterocycles. The van der Waals surface area contributed by atoms with Crippen molar-refractivity contribution < 1.29 is 4.79 Å². The van der Waals surface area contributed by atoms with E-state index in [1.807, 2.05) is 15.7 Å². The van der Waals surface area contributed by atoms with E-state index in [1.165, 1.54) is 0 Å². The third-order valence-electron chi connectivity index (χ3n) is 3.28. The molecule has 1 saturated heterocycles. The highest BCUT2D eigenvalue weighted by atomic mass is 16.2. The van der Waals surface area contributed by atoms with Crippen molar-refractivity contribution in [3.63, 3.8) is 0 Å². The van der Waals surface area contributed by atoms with E-state index < -0.39 is 0 Å². The molecule has 2 heterocycles. The van der Waals surface area contributed by atoms with E-state index in [0.29, 0.717) is 6.54 Å². The summed E-state index contributed by atoms with van der Waals surface area (Å²) in [5.41, 5.74) is 0. The van der Waals surface area contributed by atoms with Crippen LogP contribution in [0.15, 0.2) is 18.7 Å². The van der Waals surface area contributed by atoms with E-state index in [2.05, 4.69) is 17.2 Å². The second-order valence-corrected chi connectivity index (χ2v) is 4.70. The van der Waals surface area contributed by atoms with Crippen molar-refractivity contribution >= 4 is 6.03 Å². The number of piperidine rings is 1. The minimum atomic E-state index is 0.0667. The fraction of sp³-hybridized carbons (Fsp3) is 0.667. The summed E-state index contributed by atoms with van der Waals surface area (Å²) in [5.74, 6) is 0.755. The molecular weight excluding hydrogens is 216 g/mol. The number of carbonyl (C=O) groups is 1. The maximum atomic E-state index is 11.8. The van der Waals surface area contributed by atoms with Crippen LogP contribution in [0.4, 0.5) is 4.79 Å². The molecule has 1 aromatic rings. The van der Waals surface area contributed by atoms with Crippen LogP contribution in [0.25, 0.3) is 0 Å². The van der Waals surface area contributed by atoms with E-state index in [0.717, 1.165) is 38.4 Å². The standard InChI is InChI=1S/C12H20N4O/c1-11-2-6-16(7-3-11)12(17)14-5-9-15-8-4-13-10-15/h4,8,10-11H,2-3,5-7,9H2,1H3,(H,14,17). The molecular formula is C12H20N4O. The van der Waals surface area contributed by atoms with Gasteiger partial charge in [0, 0.05) is 38.6 Å². The summed E-state index contributed by atoms with van der Waals surface area (Å²) in [6.45, 7) is 5.45. The van der Waals surface area contributed by atoms with Crippen LogP contribution >= 0.6 is 0 Å². The zero-order chi connectivity index (χ0) is 12.1. The summed E-state index contributed by atoms with van der Waals surface area (Å²) in [6.07, 6.45) is 7.64. The summed E-state index contributed by atoms with van der Waals surface area (Å²) in [6, 6.07) is 0.0667. The minimum Gasteiger partial charge on any atom is -0.336 e. The van der Waals surface area contributed by atoms with Crippen LogP contribution in [0.1, 0.15) is 19.8 Å². The zero-order valence-corrected chi connectivity index (χ0v) is 10.3. The first-order chi connectivity index (χ1) is 8.25. The maximum absolute atomic E-state index is 11.8. The molecule has 5 nitrogen and oxygen atoms in total. The number of nitrogens with one attached hydrogen (secondary N) is 1. The smallest absolute Gasteiger partial charge is 0.317 e. The number of likely N-dealkylation sites (tertiary alicyclic amines) is 1. The summed E-state index contributed by atoms with van der Waals surface area (Å²) in [7, 11) is 0. The van der Waals surface area contributed by atoms with Gasteiger partial charge in [-0.3, -0.25) is 0 Å². The number of amides is 2. The Balaban J connectivity index is 1.67. The normalized spacial score (nSPS) is 17.1. The topological polar surface area (TPSA) is 50.2 Å². The first-order valence-electron chi connectivity index (χ1n) is 6.24. The van der Waals surface area contributed by atoms with Crippen LogP contribution in [-0.2, 0) is 6.54 Å². The summed E-state index contributed by atoms with van der Waals surface area (Å²) in [5, 5.41) is 2.94. The Bertz CT molecular complexity index is 341. The summed E-state index contributed by atoms with van der Waals surface area (Å²) >= 11 is 0. The first-order valence-corrected chi connectivity index (χ1v) is 6.24. The maximum Gasteiger partial charge on any atom is 0.317 e. The Kier molecular flexibility index (Phi) is 4.01. The molecule has 2 amide bonds. The molecule has 1 fully saturated rings. The van der Waals surface area contributed by atoms with Crippen molar-refractivity contribution in [1.29, 1.82) is 0 Å². The van der Waals surface area contributed by atoms with Gasteiger partial charge in [-0.25, -0.2) is 9.78 Å². The number of nitrogens with zero attached hydrogens (tertiary/aromatic N) is 3. The Morgan fingerprint density at radius 1 is 1.47 bits per heavy atom. The molecule has 1 aliphatic rings. The van der Waals surface area contributed by atoms with Crippen molar-refractivity contribution in [2.75, 3.05) is 19.6 Å². The van der Waals surface area contributed by atoms with E-state index in [4.69, 9.17) is 0 Å². The van der Waals surface area contributed by atoms with Gasteiger partial charge in [0.2, 0.25) is 0 Å². The molecule has 0 spiro atoms. The van der Waals surface area contributed by atoms with Crippen molar-refractivity contribution in [3.05, 3.63) is 18.7 Å². The lowest BCUT2D eigenvalue weighted by Crippen LogP contribution is -2.44. The van der Waals surface area contributed by atoms with Crippen LogP contribution in [-0.4, -0.2) is 40.1 Å². The van der Waals surface area contributed by atoms with Gasteiger partial charge in [-0.1, -0.05) is 6.92 Å². The predicted molar refractivity (Wildman–Crippen MR) is 65.6 cm³/mol. The number of carbonyl (C=O) groups excluding carboxylic acids is 1. The lowest BCUT2D eigenvalue weighted by atomic mass is 10.00. The van der Waals surface area contributed by atoms with Gasteiger partial charge < -0.3 is 14.8 Å². The van der Waals surface area contributed by atoms with Crippen LogP contribution in [0, 0.1) is 5.92 Å². The van der Waals surface area contributed by atoms with E-state index >= 15 is 0 Å². The number of urea groups is 1. The van der Waals surface area contributed by atoms with E-state index in [1.54, 1.807) is 12.5 Å². The minimum absolute atomic E-state index is 0.0667. The average Bonchev–Trinajstić information content (AvgIpc) is 2.83. The summed E-state index contributed by atoms with van der Waals surface area (Å²) < 4.78 is 1.96. The van der Waals surface area contributed by atoms with Gasteiger partial charge >= 0.3 is 6.03 Å². The summed E-state index contributed by atoms with van der Waals surface area (Å²) in [4.78, 5) is 17.7. The molecule has 0 atom stereocenters. The molecule has 0 radical (unpaired) electrons. The molecule has 17 heavy (non-hydrogen) atoms. The highest BCUT2D eigenvalue weighted by Crippen LogP contribution is 2.15. The SMILES string of the molecule is CC1CCN(C(=O)NCCn2ccnc2)CC1. The third kappa shape index (κ3) is 3.47. The number of hydrogen-bond donors (Lipinski definition) is 1. The molecule has 2 rings (SSSR count). The quantitative estimate of drug-likeness (QED) is 0.860. The van der Waals surface area contributed by atoms with Crippen molar-refractivity contribution in [3.8, 4) is 0 Å². The van der Waals surface area contributed by atoms with Gasteiger partial charge in [0.05, 0.1) is 6.33 Å². The van der Waals surface area contributed by atoms with E-state index in [-0.39, 0.29) is 6.03 Å². The lowest BCUT2D eigenvalue weighted by Gasteiger charge is -2.30. The molecule has 1 N–H and O–H groups in total. The molecule has 0 unspecified atom stereocenters. The predicted octanol–water partition coefficient (Wildman–Crippen LogP) is 1.32. The highest BCUT2D eigenvalue weighted by Gasteiger charge is 2.19. The number of aromatic nitrogens is 2. The van der Waals surface area contributed by atoms with Crippen LogP contribution < -0.4 is 5.32 Å². The molecule has 94 valence electrons. The fourth-order valence-electron chi connectivity index (χ4n) is 2.03. The third-order valence-corrected chi connectivity index (χ3v) is 3.28. The van der Waals surface area contributed by atoms with Gasteiger partial charge in [0.15, 0.2) is 0 Å². The van der Waals surface area contributed by atoms with Crippen molar-refractivity contribution in [2.45, 2.75) is 26.3 Å². The Labute approximate surface area is 102 Å². The lowest BCUT2D eigenvalue weighted by molar-refractivity contribution is 0.173. The molecule has 0 saturated carbocycles. The zero-order valence-electron chi connectivity index (χ0n) is 10.3. The van der Waals surface area contributed by atoms with Gasteiger partial charge in [-0.2, -0.15) is 0 Å². The largest absolute Gasteiger partial charge is 0.336 e. The number of imidazole rings is 1. The van der Waals surface area contributed by atoms with E-state index in [9.17, 15) is 4.79 Å². The molecule has 0 bridgehead atoms. The highest BCUT2D eigenvalue weighted by molar-refractivity contribution is 5.74. The van der Waals surface area contributed by atoms with Crippen LogP contribution in [0.3, 0.4) is 0 Å². The van der Waals surface area contributed by atoms with Gasteiger partial charge in [-0.05, 0) is 18.8 Å². The molecule has 0 aliphatic carbocycles. The number of hydrogen-bond acceptors (Lipinski definition) is 2. The van der Waals surface area contributed by atoms with Crippen LogP contribution in [0.2, 0.25) is 0 Å². The Hall–Kier alpha value is -1.52. The molecule has 1 aromatic heterocycles. The second-order valence-electron chi connectivity index (χ2n) is 4.70. The Morgan fingerprint density at radius 2 is 2.24 bits per heavy atom. The van der Waals surface area contributed by atoms with Gasteiger partial charge in [0.1, 0.15) is 0 Å². The average molecular weight is 236 g/mol. The Morgan fingerprint density at radius 3 is 2.88 bits per heavy atom. The monoisotopic (exact) mass is 236 g/mol. The fourth-order valence-corrected chi connectivity index (χ4v) is 2.03. The molecule has 0 aromatic carbocycles. The second kappa shape index (κ2) is 5.70. The van der Waals surface area contributed by atoms with Crippen molar-refractivity contribution in [2.24, 2.45) is 5.92 Å². The van der Waals surface area contributed by atoms with Crippen molar-refractivity contribution in [1.82, 2.24) is 19.8 Å².